The van der Waals surface area contributed by atoms with Gasteiger partial charge in [0.2, 0.25) is 0 Å². The summed E-state index contributed by atoms with van der Waals surface area (Å²) in [7, 11) is 0. The van der Waals surface area contributed by atoms with E-state index in [2.05, 4.69) is 47.7 Å². The summed E-state index contributed by atoms with van der Waals surface area (Å²) in [6, 6.07) is 22.8. The third-order valence-corrected chi connectivity index (χ3v) is 5.51. The molecule has 0 aliphatic rings. The first kappa shape index (κ1) is 23.0. The lowest BCUT2D eigenvalue weighted by molar-refractivity contribution is -0.121. The molecule has 0 radical (unpaired) electrons. The molecule has 0 spiro atoms. The summed E-state index contributed by atoms with van der Waals surface area (Å²) in [4.78, 5) is 12.5. The number of para-hydroxylation sites is 1. The second-order valence-electron chi connectivity index (χ2n) is 6.80. The van der Waals surface area contributed by atoms with Gasteiger partial charge in [-0.1, -0.05) is 63.0 Å². The van der Waals surface area contributed by atoms with E-state index in [0.29, 0.717) is 18.8 Å². The van der Waals surface area contributed by atoms with Crippen molar-refractivity contribution in [2.24, 2.45) is 5.10 Å². The number of ether oxygens (including phenoxy) is 1. The van der Waals surface area contributed by atoms with Gasteiger partial charge in [-0.25, -0.2) is 5.43 Å². The Morgan fingerprint density at radius 1 is 1.03 bits per heavy atom. The van der Waals surface area contributed by atoms with Gasteiger partial charge in [-0.05, 0) is 60.5 Å². The van der Waals surface area contributed by atoms with Gasteiger partial charge >= 0.3 is 0 Å². The molecule has 1 atom stereocenters. The maximum atomic E-state index is 12.5. The zero-order valence-electron chi connectivity index (χ0n) is 17.0. The van der Waals surface area contributed by atoms with E-state index in [-0.39, 0.29) is 11.9 Å². The Bertz CT molecular complexity index is 1040. The van der Waals surface area contributed by atoms with Gasteiger partial charge < -0.3 is 10.1 Å². The SMILES string of the molecule is CC[C@H](Nc1ccc(Br)cc1)C(=O)N/N=C\c1ccccc1OCc1cccc(Br)c1. The highest BCUT2D eigenvalue weighted by Gasteiger charge is 2.15. The summed E-state index contributed by atoms with van der Waals surface area (Å²) in [6.45, 7) is 2.39. The molecule has 3 aromatic carbocycles. The van der Waals surface area contributed by atoms with E-state index in [4.69, 9.17) is 4.74 Å². The molecule has 5 nitrogen and oxygen atoms in total. The van der Waals surface area contributed by atoms with Crippen molar-refractivity contribution < 1.29 is 9.53 Å². The molecule has 160 valence electrons. The van der Waals surface area contributed by atoms with Crippen LogP contribution in [0.3, 0.4) is 0 Å². The van der Waals surface area contributed by atoms with Gasteiger partial charge in [0.05, 0.1) is 6.21 Å². The summed E-state index contributed by atoms with van der Waals surface area (Å²) in [5, 5.41) is 7.36. The lowest BCUT2D eigenvalue weighted by atomic mass is 10.2. The molecule has 0 aromatic heterocycles. The minimum atomic E-state index is -0.388. The minimum Gasteiger partial charge on any atom is -0.488 e. The van der Waals surface area contributed by atoms with Crippen LogP contribution in [0.1, 0.15) is 24.5 Å². The molecule has 0 bridgehead atoms. The Hall–Kier alpha value is -2.64. The fraction of sp³-hybridized carbons (Fsp3) is 0.167. The molecule has 0 aliphatic carbocycles. The van der Waals surface area contributed by atoms with Crippen LogP contribution in [0.2, 0.25) is 0 Å². The summed E-state index contributed by atoms with van der Waals surface area (Å²) in [5.74, 6) is 0.495. The van der Waals surface area contributed by atoms with E-state index in [1.54, 1.807) is 6.21 Å². The highest BCUT2D eigenvalue weighted by molar-refractivity contribution is 9.10. The number of carbonyl (C=O) groups is 1. The van der Waals surface area contributed by atoms with Crippen LogP contribution in [0.15, 0.2) is 86.8 Å². The van der Waals surface area contributed by atoms with E-state index in [9.17, 15) is 4.79 Å². The van der Waals surface area contributed by atoms with Crippen molar-refractivity contribution in [2.45, 2.75) is 26.0 Å². The first-order chi connectivity index (χ1) is 15.0. The third kappa shape index (κ3) is 7.22. The molecule has 31 heavy (non-hydrogen) atoms. The number of hydrogen-bond donors (Lipinski definition) is 2. The van der Waals surface area contributed by atoms with Gasteiger partial charge in [-0.2, -0.15) is 5.10 Å². The van der Waals surface area contributed by atoms with Gasteiger partial charge in [0.15, 0.2) is 0 Å². The number of hydrogen-bond acceptors (Lipinski definition) is 4. The molecule has 0 saturated carbocycles. The largest absolute Gasteiger partial charge is 0.488 e. The molecule has 2 N–H and O–H groups in total. The average molecular weight is 545 g/mol. The van der Waals surface area contributed by atoms with Gasteiger partial charge in [-0.3, -0.25) is 4.79 Å². The van der Waals surface area contributed by atoms with Crippen molar-refractivity contribution >= 4 is 49.7 Å². The summed E-state index contributed by atoms with van der Waals surface area (Å²) < 4.78 is 7.95. The Balaban J connectivity index is 1.59. The zero-order valence-corrected chi connectivity index (χ0v) is 20.2. The van der Waals surface area contributed by atoms with Crippen molar-refractivity contribution in [3.8, 4) is 5.75 Å². The van der Waals surface area contributed by atoms with Crippen LogP contribution in [0.25, 0.3) is 0 Å². The maximum Gasteiger partial charge on any atom is 0.262 e. The average Bonchev–Trinajstić information content (AvgIpc) is 2.78. The number of anilines is 1. The molecule has 3 aromatic rings. The highest BCUT2D eigenvalue weighted by Crippen LogP contribution is 2.19. The van der Waals surface area contributed by atoms with E-state index < -0.39 is 0 Å². The molecule has 0 saturated heterocycles. The van der Waals surface area contributed by atoms with Crippen LogP contribution >= 0.6 is 31.9 Å². The predicted molar refractivity (Wildman–Crippen MR) is 132 cm³/mol. The summed E-state index contributed by atoms with van der Waals surface area (Å²) in [6.07, 6.45) is 2.23. The molecular weight excluding hydrogens is 522 g/mol. The molecule has 0 heterocycles. The molecule has 1 amide bonds. The minimum absolute atomic E-state index is 0.200. The lowest BCUT2D eigenvalue weighted by Crippen LogP contribution is -2.36. The fourth-order valence-electron chi connectivity index (χ4n) is 2.85. The van der Waals surface area contributed by atoms with Crippen LogP contribution in [-0.4, -0.2) is 18.2 Å². The second kappa shape index (κ2) is 11.7. The van der Waals surface area contributed by atoms with Crippen molar-refractivity contribution in [1.82, 2.24) is 5.43 Å². The van der Waals surface area contributed by atoms with Crippen LogP contribution in [-0.2, 0) is 11.4 Å². The summed E-state index contributed by atoms with van der Waals surface area (Å²) >= 11 is 6.88. The lowest BCUT2D eigenvalue weighted by Gasteiger charge is -2.16. The number of carbonyl (C=O) groups excluding carboxylic acids is 1. The standard InChI is InChI=1S/C24H23Br2N3O2/c1-2-22(28-21-12-10-19(25)11-13-21)24(30)29-27-15-18-7-3-4-9-23(18)31-16-17-6-5-8-20(26)14-17/h3-15,22,28H,2,16H2,1H3,(H,29,30)/b27-15-/t22-/m0/s1. The Morgan fingerprint density at radius 2 is 1.81 bits per heavy atom. The first-order valence-electron chi connectivity index (χ1n) is 9.86. The van der Waals surface area contributed by atoms with Gasteiger partial charge in [-0.15, -0.1) is 0 Å². The van der Waals surface area contributed by atoms with Crippen LogP contribution in [0, 0.1) is 0 Å². The van der Waals surface area contributed by atoms with E-state index in [1.165, 1.54) is 0 Å². The van der Waals surface area contributed by atoms with Crippen molar-refractivity contribution in [3.05, 3.63) is 92.9 Å². The molecular formula is C24H23Br2N3O2. The number of nitrogens with one attached hydrogen (secondary N) is 2. The number of rotatable bonds is 9. The highest BCUT2D eigenvalue weighted by atomic mass is 79.9. The molecule has 0 aliphatic heterocycles. The quantitative estimate of drug-likeness (QED) is 0.251. The fourth-order valence-corrected chi connectivity index (χ4v) is 3.56. The third-order valence-electron chi connectivity index (χ3n) is 4.49. The zero-order chi connectivity index (χ0) is 22.1. The van der Waals surface area contributed by atoms with Crippen LogP contribution < -0.4 is 15.5 Å². The Morgan fingerprint density at radius 3 is 2.55 bits per heavy atom. The normalized spacial score (nSPS) is 11.8. The number of benzene rings is 3. The number of hydrazone groups is 1. The second-order valence-corrected chi connectivity index (χ2v) is 8.63. The van der Waals surface area contributed by atoms with Crippen molar-refractivity contribution in [1.29, 1.82) is 0 Å². The summed E-state index contributed by atoms with van der Waals surface area (Å²) in [5.41, 5.74) is 5.33. The smallest absolute Gasteiger partial charge is 0.262 e. The number of nitrogens with zero attached hydrogens (tertiary/aromatic N) is 1. The Labute approximate surface area is 199 Å². The van der Waals surface area contributed by atoms with Crippen LogP contribution in [0.4, 0.5) is 5.69 Å². The van der Waals surface area contributed by atoms with E-state index >= 15 is 0 Å². The van der Waals surface area contributed by atoms with Crippen LogP contribution in [0.5, 0.6) is 5.75 Å². The Kier molecular flexibility index (Phi) is 8.67. The number of halogens is 2. The van der Waals surface area contributed by atoms with E-state index in [0.717, 1.165) is 25.8 Å². The van der Waals surface area contributed by atoms with Crippen molar-refractivity contribution in [3.63, 3.8) is 0 Å². The maximum absolute atomic E-state index is 12.5. The van der Waals surface area contributed by atoms with Gasteiger partial charge in [0.25, 0.3) is 5.91 Å². The molecule has 0 fully saturated rings. The van der Waals surface area contributed by atoms with Gasteiger partial charge in [0, 0.05) is 20.2 Å². The molecule has 3 rings (SSSR count). The number of amides is 1. The monoisotopic (exact) mass is 543 g/mol. The van der Waals surface area contributed by atoms with Gasteiger partial charge in [0.1, 0.15) is 18.4 Å². The molecule has 7 heteroatoms. The van der Waals surface area contributed by atoms with E-state index in [1.807, 2.05) is 79.7 Å². The van der Waals surface area contributed by atoms with Crippen molar-refractivity contribution in [2.75, 3.05) is 5.32 Å². The molecule has 0 unspecified atom stereocenters. The predicted octanol–water partition coefficient (Wildman–Crippen LogP) is 6.13. The topological polar surface area (TPSA) is 62.7 Å². The first-order valence-corrected chi connectivity index (χ1v) is 11.4.